The highest BCUT2D eigenvalue weighted by atomic mass is 79.9. The van der Waals surface area contributed by atoms with Crippen molar-refractivity contribution in [1.29, 1.82) is 0 Å². The van der Waals surface area contributed by atoms with E-state index in [0.29, 0.717) is 24.7 Å². The van der Waals surface area contributed by atoms with Gasteiger partial charge in [0.1, 0.15) is 6.10 Å². The summed E-state index contributed by atoms with van der Waals surface area (Å²) in [6.07, 6.45) is -0.0637. The molecule has 0 aromatic heterocycles. The number of hydrogen-bond donors (Lipinski definition) is 0. The number of carbonyl (C=O) groups excluding carboxylic acids is 1. The van der Waals surface area contributed by atoms with Gasteiger partial charge in [0, 0.05) is 11.6 Å². The molecule has 0 radical (unpaired) electrons. The Morgan fingerprint density at radius 1 is 1.50 bits per heavy atom. The van der Waals surface area contributed by atoms with Gasteiger partial charge in [-0.15, -0.1) is 0 Å². The molecule has 0 bridgehead atoms. The molecule has 1 aliphatic rings. The summed E-state index contributed by atoms with van der Waals surface area (Å²) in [5.74, 6) is 0.109. The first kappa shape index (κ1) is 13.8. The summed E-state index contributed by atoms with van der Waals surface area (Å²) in [6, 6.07) is 7.57. The summed E-state index contributed by atoms with van der Waals surface area (Å²) in [7, 11) is 0. The number of amides is 1. The van der Waals surface area contributed by atoms with Crippen LogP contribution >= 0.6 is 27.5 Å². The highest BCUT2D eigenvalue weighted by molar-refractivity contribution is 9.10. The van der Waals surface area contributed by atoms with Crippen molar-refractivity contribution in [3.63, 3.8) is 0 Å². The summed E-state index contributed by atoms with van der Waals surface area (Å²) in [5, 5.41) is 0.705. The van der Waals surface area contributed by atoms with Crippen LogP contribution in [0.25, 0.3) is 0 Å². The molecule has 1 aromatic rings. The molecule has 1 aliphatic heterocycles. The number of rotatable bonds is 2. The maximum absolute atomic E-state index is 11.9. The van der Waals surface area contributed by atoms with Crippen molar-refractivity contribution in [3.8, 4) is 0 Å². The quantitative estimate of drug-likeness (QED) is 0.779. The molecule has 0 N–H and O–H groups in total. The fourth-order valence-electron chi connectivity index (χ4n) is 1.98. The van der Waals surface area contributed by atoms with Crippen LogP contribution < -0.4 is 0 Å². The molecule has 0 saturated carbocycles. The van der Waals surface area contributed by atoms with Gasteiger partial charge in [-0.3, -0.25) is 4.79 Å². The second-order valence-electron chi connectivity index (χ2n) is 4.31. The van der Waals surface area contributed by atoms with Crippen LogP contribution in [0.1, 0.15) is 18.6 Å². The van der Waals surface area contributed by atoms with Crippen molar-refractivity contribution in [2.24, 2.45) is 0 Å². The van der Waals surface area contributed by atoms with Crippen LogP contribution in [0.15, 0.2) is 24.3 Å². The number of halogens is 2. The predicted molar refractivity (Wildman–Crippen MR) is 75.1 cm³/mol. The summed E-state index contributed by atoms with van der Waals surface area (Å²) in [4.78, 5) is 13.6. The fourth-order valence-corrected chi connectivity index (χ4v) is 2.40. The Labute approximate surface area is 120 Å². The second-order valence-corrected chi connectivity index (χ2v) is 6.12. The normalized spacial score (nSPS) is 21.7. The lowest BCUT2D eigenvalue weighted by molar-refractivity contribution is -0.137. The van der Waals surface area contributed by atoms with Crippen LogP contribution in [-0.4, -0.2) is 35.3 Å². The van der Waals surface area contributed by atoms with E-state index in [9.17, 15) is 4.79 Å². The van der Waals surface area contributed by atoms with Gasteiger partial charge in [0.25, 0.3) is 0 Å². The third-order valence-electron chi connectivity index (χ3n) is 2.96. The molecule has 1 saturated heterocycles. The van der Waals surface area contributed by atoms with E-state index >= 15 is 0 Å². The van der Waals surface area contributed by atoms with Crippen LogP contribution in [0.4, 0.5) is 0 Å². The Hall–Kier alpha value is -0.580. The van der Waals surface area contributed by atoms with Crippen LogP contribution in [0.5, 0.6) is 0 Å². The lowest BCUT2D eigenvalue weighted by atomic mass is 10.1. The monoisotopic (exact) mass is 331 g/mol. The number of benzene rings is 1. The molecular weight excluding hydrogens is 318 g/mol. The minimum atomic E-state index is -0.151. The smallest absolute Gasteiger partial charge is 0.236 e. The van der Waals surface area contributed by atoms with Crippen LogP contribution in [0.3, 0.4) is 0 Å². The van der Waals surface area contributed by atoms with E-state index in [1.165, 1.54) is 0 Å². The molecule has 2 atom stereocenters. The van der Waals surface area contributed by atoms with Gasteiger partial charge in [-0.25, -0.2) is 0 Å². The standard InChI is InChI=1S/C13H15BrClNO2/c1-9(14)13(17)16-6-7-18-12(8-16)10-2-4-11(15)5-3-10/h2-5,9,12H,6-8H2,1H3/t9-,12+/m0/s1. The van der Waals surface area contributed by atoms with Gasteiger partial charge in [0.15, 0.2) is 0 Å². The number of alkyl halides is 1. The zero-order chi connectivity index (χ0) is 13.1. The third-order valence-corrected chi connectivity index (χ3v) is 3.60. The van der Waals surface area contributed by atoms with Crippen LogP contribution in [0, 0.1) is 0 Å². The molecule has 1 heterocycles. The van der Waals surface area contributed by atoms with E-state index in [4.69, 9.17) is 16.3 Å². The minimum absolute atomic E-state index is 0.0637. The Kier molecular flexibility index (Phi) is 4.65. The molecule has 1 fully saturated rings. The Morgan fingerprint density at radius 2 is 2.17 bits per heavy atom. The molecule has 18 heavy (non-hydrogen) atoms. The summed E-state index contributed by atoms with van der Waals surface area (Å²) < 4.78 is 5.71. The number of morpholine rings is 1. The second kappa shape index (κ2) is 6.04. The summed E-state index contributed by atoms with van der Waals surface area (Å²) in [6.45, 7) is 3.66. The lowest BCUT2D eigenvalue weighted by Crippen LogP contribution is -2.44. The molecule has 1 aromatic carbocycles. The van der Waals surface area contributed by atoms with E-state index in [1.807, 2.05) is 36.1 Å². The maximum Gasteiger partial charge on any atom is 0.236 e. The number of nitrogens with zero attached hydrogens (tertiary/aromatic N) is 1. The Balaban J connectivity index is 2.07. The highest BCUT2D eigenvalue weighted by Crippen LogP contribution is 2.24. The maximum atomic E-state index is 11.9. The zero-order valence-corrected chi connectivity index (χ0v) is 12.4. The fraction of sp³-hybridized carbons (Fsp3) is 0.462. The molecule has 0 aliphatic carbocycles. The van der Waals surface area contributed by atoms with Gasteiger partial charge in [0.2, 0.25) is 5.91 Å². The number of ether oxygens (including phenoxy) is 1. The van der Waals surface area contributed by atoms with Crippen molar-refractivity contribution >= 4 is 33.4 Å². The average molecular weight is 333 g/mol. The van der Waals surface area contributed by atoms with Crippen molar-refractivity contribution in [1.82, 2.24) is 4.90 Å². The first-order valence-electron chi connectivity index (χ1n) is 5.88. The number of hydrogen-bond acceptors (Lipinski definition) is 2. The van der Waals surface area contributed by atoms with E-state index in [1.54, 1.807) is 0 Å². The first-order valence-corrected chi connectivity index (χ1v) is 7.17. The predicted octanol–water partition coefficient (Wildman–Crippen LogP) is 3.02. The molecule has 3 nitrogen and oxygen atoms in total. The average Bonchev–Trinajstić information content (AvgIpc) is 2.38. The van der Waals surface area contributed by atoms with E-state index in [-0.39, 0.29) is 16.8 Å². The van der Waals surface area contributed by atoms with E-state index in [2.05, 4.69) is 15.9 Å². The molecule has 5 heteroatoms. The van der Waals surface area contributed by atoms with Crippen molar-refractivity contribution in [2.75, 3.05) is 19.7 Å². The molecular formula is C13H15BrClNO2. The molecule has 1 amide bonds. The number of carbonyl (C=O) groups is 1. The largest absolute Gasteiger partial charge is 0.370 e. The van der Waals surface area contributed by atoms with Crippen molar-refractivity contribution < 1.29 is 9.53 Å². The Bertz CT molecular complexity index is 422. The topological polar surface area (TPSA) is 29.5 Å². The summed E-state index contributed by atoms with van der Waals surface area (Å²) in [5.41, 5.74) is 1.05. The van der Waals surface area contributed by atoms with Gasteiger partial charge in [-0.1, -0.05) is 39.7 Å². The zero-order valence-electron chi connectivity index (χ0n) is 10.1. The van der Waals surface area contributed by atoms with Gasteiger partial charge in [-0.2, -0.15) is 0 Å². The Morgan fingerprint density at radius 3 is 2.78 bits per heavy atom. The third kappa shape index (κ3) is 3.25. The summed E-state index contributed by atoms with van der Waals surface area (Å²) >= 11 is 9.17. The highest BCUT2D eigenvalue weighted by Gasteiger charge is 2.27. The molecule has 98 valence electrons. The van der Waals surface area contributed by atoms with Gasteiger partial charge >= 0.3 is 0 Å². The van der Waals surface area contributed by atoms with Crippen molar-refractivity contribution in [3.05, 3.63) is 34.9 Å². The molecule has 2 rings (SSSR count). The minimum Gasteiger partial charge on any atom is -0.370 e. The van der Waals surface area contributed by atoms with Gasteiger partial charge < -0.3 is 9.64 Å². The van der Waals surface area contributed by atoms with E-state index < -0.39 is 0 Å². The van der Waals surface area contributed by atoms with E-state index in [0.717, 1.165) is 5.56 Å². The first-order chi connectivity index (χ1) is 8.58. The lowest BCUT2D eigenvalue weighted by Gasteiger charge is -2.34. The molecule has 0 unspecified atom stereocenters. The van der Waals surface area contributed by atoms with Crippen LogP contribution in [0.2, 0.25) is 5.02 Å². The van der Waals surface area contributed by atoms with Crippen molar-refractivity contribution in [2.45, 2.75) is 17.9 Å². The molecule has 0 spiro atoms. The van der Waals surface area contributed by atoms with Crippen LogP contribution in [-0.2, 0) is 9.53 Å². The van der Waals surface area contributed by atoms with Gasteiger partial charge in [-0.05, 0) is 24.6 Å². The SMILES string of the molecule is C[C@H](Br)C(=O)N1CCO[C@@H](c2ccc(Cl)cc2)C1. The van der Waals surface area contributed by atoms with Gasteiger partial charge in [0.05, 0.1) is 18.0 Å².